The monoisotopic (exact) mass is 236 g/mol. The lowest BCUT2D eigenvalue weighted by Crippen LogP contribution is -2.55. The molecule has 0 spiro atoms. The summed E-state index contributed by atoms with van der Waals surface area (Å²) < 4.78 is 46.4. The zero-order valence-electron chi connectivity index (χ0n) is 7.59. The number of fused-ring (bicyclic) bond motifs is 4. The highest BCUT2D eigenvalue weighted by Gasteiger charge is 2.66. The van der Waals surface area contributed by atoms with E-state index in [2.05, 4.69) is 0 Å². The predicted octanol–water partition coefficient (Wildman–Crippen LogP) is -0.393. The summed E-state index contributed by atoms with van der Waals surface area (Å²) in [5.41, 5.74) is 0. The molecule has 0 amide bonds. The molecule has 0 aromatic carbocycles. The third-order valence-corrected chi connectivity index (χ3v) is 8.74. The van der Waals surface area contributed by atoms with Gasteiger partial charge in [0.25, 0.3) is 0 Å². The Morgan fingerprint density at radius 3 is 1.43 bits per heavy atom. The molecular weight excluding hydrogens is 224 g/mol. The van der Waals surface area contributed by atoms with Crippen LogP contribution in [0, 0.1) is 11.8 Å². The van der Waals surface area contributed by atoms with E-state index in [1.165, 1.54) is 0 Å². The van der Waals surface area contributed by atoms with Gasteiger partial charge in [0.15, 0.2) is 19.7 Å². The van der Waals surface area contributed by atoms with Crippen molar-refractivity contribution in [3.05, 3.63) is 0 Å². The standard InChI is InChI=1S/C8H12O4S2/c9-13(10)3-1-5-6-2-4-14(11,12)8(6)7(5)13/h5-8H,1-4H2. The molecule has 2 aliphatic heterocycles. The maximum absolute atomic E-state index is 11.6. The fourth-order valence-electron chi connectivity index (χ4n) is 3.40. The van der Waals surface area contributed by atoms with Gasteiger partial charge in [0.05, 0.1) is 22.0 Å². The van der Waals surface area contributed by atoms with Crippen molar-refractivity contribution in [3.63, 3.8) is 0 Å². The molecule has 14 heavy (non-hydrogen) atoms. The second kappa shape index (κ2) is 2.35. The second-order valence-electron chi connectivity index (χ2n) is 4.57. The van der Waals surface area contributed by atoms with E-state index in [9.17, 15) is 16.8 Å². The summed E-state index contributed by atoms with van der Waals surface area (Å²) in [6.45, 7) is 0. The predicted molar refractivity (Wildman–Crippen MR) is 51.4 cm³/mol. The van der Waals surface area contributed by atoms with Gasteiger partial charge < -0.3 is 0 Å². The summed E-state index contributed by atoms with van der Waals surface area (Å²) in [5, 5.41) is -1.08. The topological polar surface area (TPSA) is 68.3 Å². The molecular formula is C8H12O4S2. The lowest BCUT2D eigenvalue weighted by molar-refractivity contribution is 0.207. The summed E-state index contributed by atoms with van der Waals surface area (Å²) in [6.07, 6.45) is 1.37. The number of hydrogen-bond donors (Lipinski definition) is 0. The average molecular weight is 236 g/mol. The van der Waals surface area contributed by atoms with Crippen LogP contribution in [0.1, 0.15) is 12.8 Å². The van der Waals surface area contributed by atoms with Crippen molar-refractivity contribution >= 4 is 19.7 Å². The quantitative estimate of drug-likeness (QED) is 0.574. The number of rotatable bonds is 0. The lowest BCUT2D eigenvalue weighted by Gasteiger charge is -2.41. The Labute approximate surface area is 83.5 Å². The van der Waals surface area contributed by atoms with Crippen molar-refractivity contribution in [3.8, 4) is 0 Å². The Balaban J connectivity index is 2.08. The summed E-state index contributed by atoms with van der Waals surface area (Å²) in [5.74, 6) is 0.708. The fourth-order valence-corrected chi connectivity index (χ4v) is 9.12. The van der Waals surface area contributed by atoms with E-state index in [-0.39, 0.29) is 23.3 Å². The van der Waals surface area contributed by atoms with Gasteiger partial charge in [0.1, 0.15) is 0 Å². The lowest BCUT2D eigenvalue weighted by atomic mass is 9.70. The van der Waals surface area contributed by atoms with Crippen LogP contribution in [0.15, 0.2) is 0 Å². The number of hydrogen-bond acceptors (Lipinski definition) is 4. The first-order valence-electron chi connectivity index (χ1n) is 4.87. The van der Waals surface area contributed by atoms with E-state index in [0.29, 0.717) is 12.8 Å². The average Bonchev–Trinajstić information content (AvgIpc) is 2.33. The van der Waals surface area contributed by atoms with E-state index in [1.807, 2.05) is 0 Å². The first kappa shape index (κ1) is 9.15. The molecule has 3 rings (SSSR count). The minimum absolute atomic E-state index is 0.155. The zero-order chi connectivity index (χ0) is 10.1. The van der Waals surface area contributed by atoms with Gasteiger partial charge >= 0.3 is 0 Å². The molecule has 1 saturated carbocycles. The van der Waals surface area contributed by atoms with Crippen LogP contribution in [0.25, 0.3) is 0 Å². The van der Waals surface area contributed by atoms with Crippen molar-refractivity contribution in [2.45, 2.75) is 23.3 Å². The third kappa shape index (κ3) is 0.888. The third-order valence-electron chi connectivity index (χ3n) is 4.02. The Morgan fingerprint density at radius 1 is 0.714 bits per heavy atom. The highest BCUT2D eigenvalue weighted by atomic mass is 32.2. The molecule has 0 radical (unpaired) electrons. The second-order valence-corrected chi connectivity index (χ2v) is 9.12. The van der Waals surface area contributed by atoms with Crippen molar-refractivity contribution in [1.29, 1.82) is 0 Å². The van der Waals surface area contributed by atoms with Gasteiger partial charge in [0, 0.05) is 0 Å². The van der Waals surface area contributed by atoms with Gasteiger partial charge in [-0.2, -0.15) is 0 Å². The smallest absolute Gasteiger partial charge is 0.154 e. The van der Waals surface area contributed by atoms with E-state index in [1.54, 1.807) is 0 Å². The molecule has 3 aliphatic rings. The molecule has 2 saturated heterocycles. The van der Waals surface area contributed by atoms with Gasteiger partial charge in [-0.05, 0) is 24.7 Å². The molecule has 1 aliphatic carbocycles. The maximum Gasteiger partial charge on any atom is 0.154 e. The van der Waals surface area contributed by atoms with Crippen LogP contribution in [0.4, 0.5) is 0 Å². The minimum atomic E-state index is -3.09. The fraction of sp³-hybridized carbons (Fsp3) is 1.00. The Kier molecular flexibility index (Phi) is 1.53. The van der Waals surface area contributed by atoms with Crippen LogP contribution in [0.5, 0.6) is 0 Å². The summed E-state index contributed by atoms with van der Waals surface area (Å²) >= 11 is 0. The largest absolute Gasteiger partial charge is 0.228 e. The molecule has 0 bridgehead atoms. The summed E-state index contributed by atoms with van der Waals surface area (Å²) in [6, 6.07) is 0. The van der Waals surface area contributed by atoms with Crippen LogP contribution >= 0.6 is 0 Å². The van der Waals surface area contributed by atoms with Crippen LogP contribution in [-0.4, -0.2) is 38.8 Å². The Hall–Kier alpha value is -0.100. The molecule has 0 aromatic rings. The van der Waals surface area contributed by atoms with Crippen molar-refractivity contribution in [2.24, 2.45) is 11.8 Å². The maximum atomic E-state index is 11.6. The normalized spacial score (nSPS) is 52.0. The van der Waals surface area contributed by atoms with Crippen molar-refractivity contribution in [1.82, 2.24) is 0 Å². The molecule has 0 aromatic heterocycles. The molecule has 3 fully saturated rings. The van der Waals surface area contributed by atoms with E-state index in [0.717, 1.165) is 0 Å². The molecule has 6 heteroatoms. The van der Waals surface area contributed by atoms with Crippen LogP contribution in [0.3, 0.4) is 0 Å². The van der Waals surface area contributed by atoms with E-state index < -0.39 is 30.2 Å². The van der Waals surface area contributed by atoms with Crippen LogP contribution in [0.2, 0.25) is 0 Å². The van der Waals surface area contributed by atoms with E-state index >= 15 is 0 Å². The van der Waals surface area contributed by atoms with E-state index in [4.69, 9.17) is 0 Å². The van der Waals surface area contributed by atoms with Crippen molar-refractivity contribution in [2.75, 3.05) is 11.5 Å². The van der Waals surface area contributed by atoms with Gasteiger partial charge in [-0.1, -0.05) is 0 Å². The Morgan fingerprint density at radius 2 is 1.07 bits per heavy atom. The molecule has 80 valence electrons. The molecule has 2 heterocycles. The highest BCUT2D eigenvalue weighted by molar-refractivity contribution is 7.96. The van der Waals surface area contributed by atoms with Crippen LogP contribution in [-0.2, 0) is 19.7 Å². The SMILES string of the molecule is O=S1(=O)CCC2C3CCS(=O)(=O)C3C21. The van der Waals surface area contributed by atoms with Gasteiger partial charge in [-0.25, -0.2) is 16.8 Å². The van der Waals surface area contributed by atoms with Gasteiger partial charge in [-0.3, -0.25) is 0 Å². The van der Waals surface area contributed by atoms with Crippen LogP contribution < -0.4 is 0 Å². The highest BCUT2D eigenvalue weighted by Crippen LogP contribution is 2.55. The number of sulfone groups is 2. The molecule has 4 nitrogen and oxygen atoms in total. The van der Waals surface area contributed by atoms with Crippen molar-refractivity contribution < 1.29 is 16.8 Å². The first-order valence-corrected chi connectivity index (χ1v) is 8.30. The zero-order valence-corrected chi connectivity index (χ0v) is 9.22. The minimum Gasteiger partial charge on any atom is -0.228 e. The Bertz CT molecular complexity index is 429. The molecule has 0 N–H and O–H groups in total. The van der Waals surface area contributed by atoms with Gasteiger partial charge in [-0.15, -0.1) is 0 Å². The molecule has 4 atom stereocenters. The first-order chi connectivity index (χ1) is 6.43. The van der Waals surface area contributed by atoms with Gasteiger partial charge in [0.2, 0.25) is 0 Å². The molecule has 4 unspecified atom stereocenters. The summed E-state index contributed by atoms with van der Waals surface area (Å²) in [7, 11) is -6.18. The summed E-state index contributed by atoms with van der Waals surface area (Å²) in [4.78, 5) is 0.